The number of amides is 1. The molecule has 0 bridgehead atoms. The van der Waals surface area contributed by atoms with Gasteiger partial charge in [-0.15, -0.1) is 11.6 Å². The van der Waals surface area contributed by atoms with Gasteiger partial charge in [0, 0.05) is 5.69 Å². The van der Waals surface area contributed by atoms with Crippen molar-refractivity contribution in [1.29, 1.82) is 0 Å². The van der Waals surface area contributed by atoms with Gasteiger partial charge in [-0.3, -0.25) is 5.32 Å². The Hall–Kier alpha value is -1.42. The molecule has 0 aromatic heterocycles. The summed E-state index contributed by atoms with van der Waals surface area (Å²) >= 11 is 5.64. The van der Waals surface area contributed by atoms with Crippen molar-refractivity contribution in [3.8, 4) is 5.75 Å². The van der Waals surface area contributed by atoms with Crippen molar-refractivity contribution in [1.82, 2.24) is 0 Å². The molecule has 1 aromatic rings. The first kappa shape index (κ1) is 12.6. The minimum atomic E-state index is -0.516. The van der Waals surface area contributed by atoms with E-state index >= 15 is 0 Å². The molecule has 0 heterocycles. The van der Waals surface area contributed by atoms with Gasteiger partial charge in [0.25, 0.3) is 0 Å². The maximum atomic E-state index is 11.2. The topological polar surface area (TPSA) is 47.6 Å². The van der Waals surface area contributed by atoms with E-state index in [4.69, 9.17) is 21.1 Å². The van der Waals surface area contributed by atoms with Crippen LogP contribution >= 0.6 is 11.6 Å². The number of hydrogen-bond acceptors (Lipinski definition) is 3. The summed E-state index contributed by atoms with van der Waals surface area (Å²) in [4.78, 5) is 11.2. The van der Waals surface area contributed by atoms with E-state index in [-0.39, 0.29) is 12.0 Å². The fourth-order valence-electron chi connectivity index (χ4n) is 1.02. The lowest BCUT2D eigenvalue weighted by atomic mass is 10.3. The third-order valence-corrected chi connectivity index (χ3v) is 1.91. The fraction of sp³-hybridized carbons (Fsp3) is 0.364. The Morgan fingerprint density at radius 1 is 1.44 bits per heavy atom. The third kappa shape index (κ3) is 4.40. The van der Waals surface area contributed by atoms with Crippen molar-refractivity contribution in [3.05, 3.63) is 24.3 Å². The molecule has 5 heteroatoms. The monoisotopic (exact) mass is 243 g/mol. The summed E-state index contributed by atoms with van der Waals surface area (Å²) in [6.07, 6.45) is -0.516. The zero-order valence-corrected chi connectivity index (χ0v) is 9.95. The molecule has 1 rings (SSSR count). The molecule has 0 radical (unpaired) electrons. The zero-order valence-electron chi connectivity index (χ0n) is 9.20. The van der Waals surface area contributed by atoms with E-state index in [1.807, 2.05) is 0 Å². The van der Waals surface area contributed by atoms with E-state index in [1.165, 1.54) is 0 Å². The highest BCUT2D eigenvalue weighted by Gasteiger charge is 2.05. The van der Waals surface area contributed by atoms with Gasteiger partial charge in [-0.2, -0.15) is 0 Å². The molecule has 1 N–H and O–H groups in total. The second-order valence-corrected chi connectivity index (χ2v) is 3.98. The fourth-order valence-corrected chi connectivity index (χ4v) is 1.08. The van der Waals surface area contributed by atoms with Crippen molar-refractivity contribution < 1.29 is 14.3 Å². The van der Waals surface area contributed by atoms with Gasteiger partial charge in [0.2, 0.25) is 0 Å². The summed E-state index contributed by atoms with van der Waals surface area (Å²) in [6, 6.07) is 6.95. The van der Waals surface area contributed by atoms with Crippen molar-refractivity contribution in [3.63, 3.8) is 0 Å². The van der Waals surface area contributed by atoms with Crippen LogP contribution in [0.2, 0.25) is 0 Å². The van der Waals surface area contributed by atoms with Crippen LogP contribution in [0.3, 0.4) is 0 Å². The Kier molecular flexibility index (Phi) is 4.92. The average Bonchev–Trinajstić information content (AvgIpc) is 2.27. The van der Waals surface area contributed by atoms with Crippen LogP contribution in [0.15, 0.2) is 24.3 Å². The van der Waals surface area contributed by atoms with Crippen molar-refractivity contribution in [2.24, 2.45) is 0 Å². The molecule has 88 valence electrons. The average molecular weight is 244 g/mol. The number of methoxy groups -OCH3 is 1. The van der Waals surface area contributed by atoms with Gasteiger partial charge < -0.3 is 9.47 Å². The molecule has 4 nitrogen and oxygen atoms in total. The smallest absolute Gasteiger partial charge is 0.411 e. The normalized spacial score (nSPS) is 11.7. The second-order valence-electron chi connectivity index (χ2n) is 3.23. The van der Waals surface area contributed by atoms with Crippen molar-refractivity contribution >= 4 is 23.4 Å². The molecular weight excluding hydrogens is 230 g/mol. The van der Waals surface area contributed by atoms with Crippen LogP contribution in [0.25, 0.3) is 0 Å². The minimum Gasteiger partial charge on any atom is -0.497 e. The number of benzene rings is 1. The molecule has 0 aliphatic heterocycles. The summed E-state index contributed by atoms with van der Waals surface area (Å²) in [5, 5.41) is 2.38. The number of hydrogen-bond donors (Lipinski definition) is 1. The minimum absolute atomic E-state index is 0.184. The molecule has 0 spiro atoms. The van der Waals surface area contributed by atoms with E-state index in [1.54, 1.807) is 38.3 Å². The van der Waals surface area contributed by atoms with Crippen LogP contribution in [0.1, 0.15) is 6.92 Å². The first-order valence-corrected chi connectivity index (χ1v) is 5.27. The number of anilines is 1. The Labute approximate surface area is 99.5 Å². The lowest BCUT2D eigenvalue weighted by molar-refractivity contribution is 0.162. The van der Waals surface area contributed by atoms with E-state index in [9.17, 15) is 4.79 Å². The van der Waals surface area contributed by atoms with Gasteiger partial charge in [0.15, 0.2) is 0 Å². The molecular formula is C11H14ClNO3. The number of carbonyl (C=O) groups excluding carboxylic acids is 1. The van der Waals surface area contributed by atoms with Gasteiger partial charge >= 0.3 is 6.09 Å². The molecule has 0 aliphatic rings. The Bertz CT molecular complexity index is 338. The second kappa shape index (κ2) is 6.23. The highest BCUT2D eigenvalue weighted by atomic mass is 35.5. The van der Waals surface area contributed by atoms with Gasteiger partial charge in [0.05, 0.1) is 12.5 Å². The molecule has 1 unspecified atom stereocenters. The van der Waals surface area contributed by atoms with Crippen LogP contribution in [0, 0.1) is 0 Å². The van der Waals surface area contributed by atoms with Gasteiger partial charge in [-0.1, -0.05) is 0 Å². The van der Waals surface area contributed by atoms with E-state index in [2.05, 4.69) is 5.32 Å². The summed E-state index contributed by atoms with van der Waals surface area (Å²) in [7, 11) is 1.58. The largest absolute Gasteiger partial charge is 0.497 e. The maximum Gasteiger partial charge on any atom is 0.411 e. The predicted octanol–water partition coefficient (Wildman–Crippen LogP) is 2.87. The van der Waals surface area contributed by atoms with Crippen LogP contribution < -0.4 is 10.1 Å². The number of ether oxygens (including phenoxy) is 2. The van der Waals surface area contributed by atoms with Crippen LogP contribution in [-0.2, 0) is 4.74 Å². The number of halogens is 1. The first-order chi connectivity index (χ1) is 7.61. The summed E-state index contributed by atoms with van der Waals surface area (Å²) < 4.78 is 9.84. The standard InChI is InChI=1S/C11H14ClNO3/c1-8(12)7-16-11(14)13-9-3-5-10(15-2)6-4-9/h3-6,8H,7H2,1-2H3,(H,13,14). The molecule has 16 heavy (non-hydrogen) atoms. The predicted molar refractivity (Wildman–Crippen MR) is 63.3 cm³/mol. The Balaban J connectivity index is 2.43. The van der Waals surface area contributed by atoms with Gasteiger partial charge in [-0.25, -0.2) is 4.79 Å². The first-order valence-electron chi connectivity index (χ1n) is 4.83. The lowest BCUT2D eigenvalue weighted by Gasteiger charge is -2.08. The molecule has 1 amide bonds. The quantitative estimate of drug-likeness (QED) is 0.828. The summed E-state index contributed by atoms with van der Waals surface area (Å²) in [5.41, 5.74) is 0.646. The highest BCUT2D eigenvalue weighted by Crippen LogP contribution is 2.15. The van der Waals surface area contributed by atoms with E-state index in [0.717, 1.165) is 5.75 Å². The Morgan fingerprint density at radius 3 is 2.56 bits per heavy atom. The van der Waals surface area contributed by atoms with Gasteiger partial charge in [0.1, 0.15) is 12.4 Å². The summed E-state index contributed by atoms with van der Waals surface area (Å²) in [5.74, 6) is 0.730. The highest BCUT2D eigenvalue weighted by molar-refractivity contribution is 6.20. The van der Waals surface area contributed by atoms with Crippen molar-refractivity contribution in [2.45, 2.75) is 12.3 Å². The molecule has 0 saturated heterocycles. The molecule has 0 saturated carbocycles. The number of alkyl halides is 1. The number of rotatable bonds is 4. The van der Waals surface area contributed by atoms with E-state index < -0.39 is 6.09 Å². The molecule has 1 aromatic carbocycles. The van der Waals surface area contributed by atoms with Crippen LogP contribution in [-0.4, -0.2) is 25.2 Å². The maximum absolute atomic E-state index is 11.2. The number of nitrogens with one attached hydrogen (secondary N) is 1. The SMILES string of the molecule is COc1ccc(NC(=O)OCC(C)Cl)cc1. The molecule has 0 aliphatic carbocycles. The zero-order chi connectivity index (χ0) is 12.0. The lowest BCUT2D eigenvalue weighted by Crippen LogP contribution is -2.17. The number of carbonyl (C=O) groups is 1. The van der Waals surface area contributed by atoms with Crippen LogP contribution in [0.5, 0.6) is 5.75 Å². The summed E-state index contributed by atoms with van der Waals surface area (Å²) in [6.45, 7) is 1.94. The van der Waals surface area contributed by atoms with Gasteiger partial charge in [-0.05, 0) is 31.2 Å². The van der Waals surface area contributed by atoms with E-state index in [0.29, 0.717) is 5.69 Å². The molecule has 1 atom stereocenters. The Morgan fingerprint density at radius 2 is 2.06 bits per heavy atom. The van der Waals surface area contributed by atoms with Crippen LogP contribution in [0.4, 0.5) is 10.5 Å². The third-order valence-electron chi connectivity index (χ3n) is 1.78. The van der Waals surface area contributed by atoms with Crippen molar-refractivity contribution in [2.75, 3.05) is 19.0 Å². The molecule has 0 fully saturated rings.